The number of rotatable bonds is 2. The van der Waals surface area contributed by atoms with Crippen LogP contribution in [0.25, 0.3) is 22.8 Å². The summed E-state index contributed by atoms with van der Waals surface area (Å²) in [6, 6.07) is 23.1. The summed E-state index contributed by atoms with van der Waals surface area (Å²) < 4.78 is 0. The highest BCUT2D eigenvalue weighted by Gasteiger charge is 2.23. The van der Waals surface area contributed by atoms with Gasteiger partial charge in [-0.3, -0.25) is 0 Å². The van der Waals surface area contributed by atoms with E-state index in [4.69, 9.17) is 11.6 Å². The smallest absolute Gasteiger partial charge is 0.0406 e. The molecule has 0 amide bonds. The van der Waals surface area contributed by atoms with Crippen LogP contribution >= 0.6 is 11.6 Å². The zero-order valence-electron chi connectivity index (χ0n) is 12.8. The van der Waals surface area contributed by atoms with Crippen LogP contribution in [0.5, 0.6) is 0 Å². The summed E-state index contributed by atoms with van der Waals surface area (Å²) >= 11 is 6.00. The van der Waals surface area contributed by atoms with E-state index in [1.165, 1.54) is 27.8 Å². The SMILES string of the molecule is CNc1ccc2c(c1)/C(=C\c1ccc(Cl)cc1)c1ccccc1-2. The van der Waals surface area contributed by atoms with Crippen molar-refractivity contribution in [1.82, 2.24) is 0 Å². The van der Waals surface area contributed by atoms with E-state index >= 15 is 0 Å². The van der Waals surface area contributed by atoms with E-state index in [0.29, 0.717) is 0 Å². The molecule has 0 saturated carbocycles. The van der Waals surface area contributed by atoms with Gasteiger partial charge in [0.15, 0.2) is 0 Å². The van der Waals surface area contributed by atoms with Crippen molar-refractivity contribution in [1.29, 1.82) is 0 Å². The Hall–Kier alpha value is -2.51. The molecule has 1 aliphatic rings. The summed E-state index contributed by atoms with van der Waals surface area (Å²) in [5.41, 5.74) is 8.68. The van der Waals surface area contributed by atoms with Crippen LogP contribution in [0.15, 0.2) is 66.7 Å². The average Bonchev–Trinajstić information content (AvgIpc) is 2.90. The van der Waals surface area contributed by atoms with Crippen LogP contribution in [0.3, 0.4) is 0 Å². The molecule has 3 aromatic carbocycles. The molecular formula is C21H16ClN. The van der Waals surface area contributed by atoms with E-state index in [1.54, 1.807) is 0 Å². The van der Waals surface area contributed by atoms with Gasteiger partial charge >= 0.3 is 0 Å². The highest BCUT2D eigenvalue weighted by molar-refractivity contribution is 6.30. The number of hydrogen-bond donors (Lipinski definition) is 1. The number of halogens is 1. The lowest BCUT2D eigenvalue weighted by Crippen LogP contribution is -1.89. The minimum absolute atomic E-state index is 0.761. The van der Waals surface area contributed by atoms with Crippen molar-refractivity contribution < 1.29 is 0 Å². The maximum absolute atomic E-state index is 6.00. The first-order chi connectivity index (χ1) is 11.3. The Kier molecular flexibility index (Phi) is 3.44. The molecule has 0 radical (unpaired) electrons. The van der Waals surface area contributed by atoms with E-state index < -0.39 is 0 Å². The molecule has 0 heterocycles. The van der Waals surface area contributed by atoms with Crippen molar-refractivity contribution in [2.75, 3.05) is 12.4 Å². The molecule has 4 rings (SSSR count). The Morgan fingerprint density at radius 2 is 1.48 bits per heavy atom. The van der Waals surface area contributed by atoms with Gasteiger partial charge in [-0.05, 0) is 63.7 Å². The molecule has 0 unspecified atom stereocenters. The highest BCUT2D eigenvalue weighted by Crippen LogP contribution is 2.45. The molecule has 0 spiro atoms. The molecule has 0 fully saturated rings. The zero-order chi connectivity index (χ0) is 15.8. The predicted octanol–water partition coefficient (Wildman–Crippen LogP) is 5.95. The van der Waals surface area contributed by atoms with Crippen LogP contribution in [-0.4, -0.2) is 7.05 Å². The lowest BCUT2D eigenvalue weighted by molar-refractivity contribution is 1.50. The third-order valence-electron chi connectivity index (χ3n) is 4.29. The van der Waals surface area contributed by atoms with E-state index in [-0.39, 0.29) is 0 Å². The minimum atomic E-state index is 0.761. The van der Waals surface area contributed by atoms with Crippen molar-refractivity contribution in [3.05, 3.63) is 88.4 Å². The fourth-order valence-corrected chi connectivity index (χ4v) is 3.26. The Morgan fingerprint density at radius 3 is 2.22 bits per heavy atom. The summed E-state index contributed by atoms with van der Waals surface area (Å²) in [5, 5.41) is 3.99. The first kappa shape index (κ1) is 14.1. The largest absolute Gasteiger partial charge is 0.388 e. The molecule has 1 nitrogen and oxygen atoms in total. The summed E-state index contributed by atoms with van der Waals surface area (Å²) in [7, 11) is 1.95. The Balaban J connectivity index is 1.94. The maximum atomic E-state index is 6.00. The third-order valence-corrected chi connectivity index (χ3v) is 4.54. The lowest BCUT2D eigenvalue weighted by Gasteiger charge is -2.06. The van der Waals surface area contributed by atoms with Gasteiger partial charge in [0.1, 0.15) is 0 Å². The monoisotopic (exact) mass is 317 g/mol. The van der Waals surface area contributed by atoms with Crippen molar-refractivity contribution in [3.8, 4) is 11.1 Å². The van der Waals surface area contributed by atoms with Gasteiger partial charge in [-0.15, -0.1) is 0 Å². The normalized spacial score (nSPS) is 13.7. The van der Waals surface area contributed by atoms with Crippen molar-refractivity contribution >= 4 is 28.9 Å². The molecule has 23 heavy (non-hydrogen) atoms. The molecule has 1 N–H and O–H groups in total. The predicted molar refractivity (Wildman–Crippen MR) is 99.8 cm³/mol. The fraction of sp³-hybridized carbons (Fsp3) is 0.0476. The topological polar surface area (TPSA) is 12.0 Å². The molecular weight excluding hydrogens is 302 g/mol. The molecule has 3 aromatic rings. The molecule has 2 heteroatoms. The number of fused-ring (bicyclic) bond motifs is 3. The highest BCUT2D eigenvalue weighted by atomic mass is 35.5. The molecule has 112 valence electrons. The first-order valence-electron chi connectivity index (χ1n) is 7.65. The van der Waals surface area contributed by atoms with E-state index in [2.05, 4.69) is 66.0 Å². The minimum Gasteiger partial charge on any atom is -0.388 e. The number of nitrogens with one attached hydrogen (secondary N) is 1. The molecule has 0 aromatic heterocycles. The second-order valence-electron chi connectivity index (χ2n) is 5.67. The van der Waals surface area contributed by atoms with Crippen LogP contribution < -0.4 is 5.32 Å². The molecule has 0 aliphatic heterocycles. The van der Waals surface area contributed by atoms with Crippen molar-refractivity contribution in [2.24, 2.45) is 0 Å². The second kappa shape index (κ2) is 5.60. The van der Waals surface area contributed by atoms with Gasteiger partial charge < -0.3 is 5.32 Å². The van der Waals surface area contributed by atoms with E-state index in [9.17, 15) is 0 Å². The van der Waals surface area contributed by atoms with Crippen LogP contribution in [0.1, 0.15) is 16.7 Å². The second-order valence-corrected chi connectivity index (χ2v) is 6.10. The van der Waals surface area contributed by atoms with Gasteiger partial charge in [0.2, 0.25) is 0 Å². The summed E-state index contributed by atoms with van der Waals surface area (Å²) in [6.07, 6.45) is 2.24. The van der Waals surface area contributed by atoms with Crippen molar-refractivity contribution in [2.45, 2.75) is 0 Å². The summed E-state index contributed by atoms with van der Waals surface area (Å²) in [5.74, 6) is 0. The molecule has 0 saturated heterocycles. The Labute approximate surface area is 141 Å². The van der Waals surface area contributed by atoms with Crippen LogP contribution in [0.4, 0.5) is 5.69 Å². The standard InChI is InChI=1S/C21H16ClN/c1-23-16-10-11-19-17-4-2-3-5-18(17)20(21(19)13-16)12-14-6-8-15(22)9-7-14/h2-13,23H,1H3/b20-12-. The maximum Gasteiger partial charge on any atom is 0.0406 e. The summed E-state index contributed by atoms with van der Waals surface area (Å²) in [4.78, 5) is 0. The van der Waals surface area contributed by atoms with E-state index in [1.807, 2.05) is 19.2 Å². The van der Waals surface area contributed by atoms with Gasteiger partial charge in [-0.1, -0.05) is 54.1 Å². The number of anilines is 1. The number of hydrogen-bond acceptors (Lipinski definition) is 1. The summed E-state index contributed by atoms with van der Waals surface area (Å²) in [6.45, 7) is 0. The molecule has 1 aliphatic carbocycles. The van der Waals surface area contributed by atoms with E-state index in [0.717, 1.165) is 16.3 Å². The average molecular weight is 318 g/mol. The fourth-order valence-electron chi connectivity index (χ4n) is 3.14. The first-order valence-corrected chi connectivity index (χ1v) is 8.03. The van der Waals surface area contributed by atoms with Gasteiger partial charge in [-0.25, -0.2) is 0 Å². The Morgan fingerprint density at radius 1 is 0.783 bits per heavy atom. The van der Waals surface area contributed by atoms with Gasteiger partial charge in [-0.2, -0.15) is 0 Å². The van der Waals surface area contributed by atoms with Gasteiger partial charge in [0.05, 0.1) is 0 Å². The van der Waals surface area contributed by atoms with Crippen LogP contribution in [0, 0.1) is 0 Å². The van der Waals surface area contributed by atoms with Gasteiger partial charge in [0, 0.05) is 17.8 Å². The quantitative estimate of drug-likeness (QED) is 0.481. The molecule has 0 bridgehead atoms. The lowest BCUT2D eigenvalue weighted by atomic mass is 10.0. The van der Waals surface area contributed by atoms with Crippen LogP contribution in [-0.2, 0) is 0 Å². The zero-order valence-corrected chi connectivity index (χ0v) is 13.6. The molecule has 0 atom stereocenters. The van der Waals surface area contributed by atoms with Crippen molar-refractivity contribution in [3.63, 3.8) is 0 Å². The van der Waals surface area contributed by atoms with Gasteiger partial charge in [0.25, 0.3) is 0 Å². The third kappa shape index (κ3) is 2.43. The Bertz CT molecular complexity index is 907. The van der Waals surface area contributed by atoms with Crippen LogP contribution in [0.2, 0.25) is 5.02 Å². The number of benzene rings is 3.